The second-order valence-electron chi connectivity index (χ2n) is 4.51. The van der Waals surface area contributed by atoms with Crippen LogP contribution in [0.2, 0.25) is 0 Å². The van der Waals surface area contributed by atoms with E-state index in [9.17, 15) is 14.4 Å². The van der Waals surface area contributed by atoms with Gasteiger partial charge < -0.3 is 9.47 Å². The smallest absolute Gasteiger partial charge is 0.413 e. The number of rotatable bonds is 5. The number of carbonyl (C=O) groups is 3. The second kappa shape index (κ2) is 7.08. The Bertz CT molecular complexity index is 533. The number of hydrogen-bond donors (Lipinski definition) is 0. The fraction of sp³-hybridized carbons (Fsp3) is 0.357. The van der Waals surface area contributed by atoms with E-state index < -0.39 is 23.3 Å². The molecule has 21 heavy (non-hydrogen) atoms. The number of hydrogen-bond acceptors (Lipinski definition) is 5. The first-order valence-corrected chi connectivity index (χ1v) is 6.78. The Labute approximate surface area is 126 Å². The van der Waals surface area contributed by atoms with Crippen LogP contribution >= 0.6 is 11.6 Å². The molecule has 112 valence electrons. The van der Waals surface area contributed by atoms with Gasteiger partial charge in [0, 0.05) is 6.42 Å². The van der Waals surface area contributed by atoms with Crippen molar-refractivity contribution in [1.82, 2.24) is 4.90 Å². The molecule has 1 atom stereocenters. The summed E-state index contributed by atoms with van der Waals surface area (Å²) in [7, 11) is 0. The molecule has 1 fully saturated rings. The molecule has 1 aliphatic rings. The van der Waals surface area contributed by atoms with Crippen LogP contribution < -0.4 is 0 Å². The van der Waals surface area contributed by atoms with E-state index in [0.717, 1.165) is 10.5 Å². The minimum atomic E-state index is -0.823. The van der Waals surface area contributed by atoms with Gasteiger partial charge in [0.1, 0.15) is 12.6 Å². The van der Waals surface area contributed by atoms with Gasteiger partial charge in [0.2, 0.25) is 5.24 Å². The summed E-state index contributed by atoms with van der Waals surface area (Å²) in [5.74, 6) is -0.551. The van der Waals surface area contributed by atoms with Crippen LogP contribution in [0.1, 0.15) is 18.4 Å². The highest BCUT2D eigenvalue weighted by Crippen LogP contribution is 2.18. The van der Waals surface area contributed by atoms with Crippen molar-refractivity contribution in [3.05, 3.63) is 35.9 Å². The van der Waals surface area contributed by atoms with E-state index in [1.54, 1.807) is 0 Å². The van der Waals surface area contributed by atoms with Crippen molar-refractivity contribution >= 4 is 28.9 Å². The number of ether oxygens (including phenoxy) is 2. The molecule has 1 saturated heterocycles. The van der Waals surface area contributed by atoms with E-state index in [1.807, 2.05) is 30.3 Å². The van der Waals surface area contributed by atoms with Crippen LogP contribution in [0, 0.1) is 0 Å². The van der Waals surface area contributed by atoms with E-state index in [-0.39, 0.29) is 26.2 Å². The van der Waals surface area contributed by atoms with E-state index in [2.05, 4.69) is 0 Å². The van der Waals surface area contributed by atoms with Crippen LogP contribution in [0.3, 0.4) is 0 Å². The van der Waals surface area contributed by atoms with Crippen LogP contribution in [0.25, 0.3) is 0 Å². The lowest BCUT2D eigenvalue weighted by Crippen LogP contribution is -2.38. The van der Waals surface area contributed by atoms with Crippen LogP contribution in [0.15, 0.2) is 30.3 Å². The summed E-state index contributed by atoms with van der Waals surface area (Å²) in [4.78, 5) is 35.5. The minimum Gasteiger partial charge on any atom is -0.444 e. The molecular weight excluding hydrogens is 298 g/mol. The summed E-state index contributed by atoms with van der Waals surface area (Å²) in [6.07, 6.45) is -0.539. The summed E-state index contributed by atoms with van der Waals surface area (Å²) in [5, 5.41) is -0.563. The highest BCUT2D eigenvalue weighted by molar-refractivity contribution is 6.63. The topological polar surface area (TPSA) is 72.9 Å². The SMILES string of the molecule is O=C(Cl)CC[C@@H]1C(=O)OCN1C(=O)OCc1ccccc1. The van der Waals surface area contributed by atoms with Crippen molar-refractivity contribution in [3.8, 4) is 0 Å². The molecule has 0 aliphatic carbocycles. The first-order valence-electron chi connectivity index (χ1n) is 6.40. The lowest BCUT2D eigenvalue weighted by Gasteiger charge is -2.19. The summed E-state index contributed by atoms with van der Waals surface area (Å²) < 4.78 is 9.95. The average molecular weight is 312 g/mol. The molecule has 0 bridgehead atoms. The lowest BCUT2D eigenvalue weighted by atomic mass is 10.1. The monoisotopic (exact) mass is 311 g/mol. The van der Waals surface area contributed by atoms with Crippen molar-refractivity contribution in [2.24, 2.45) is 0 Å². The molecule has 0 saturated carbocycles. The number of benzene rings is 1. The molecule has 6 nitrogen and oxygen atoms in total. The molecule has 1 aliphatic heterocycles. The zero-order valence-corrected chi connectivity index (χ0v) is 11.9. The summed E-state index contributed by atoms with van der Waals surface area (Å²) in [5.41, 5.74) is 0.838. The van der Waals surface area contributed by atoms with Gasteiger partial charge in [-0.2, -0.15) is 0 Å². The number of nitrogens with zero attached hydrogens (tertiary/aromatic N) is 1. The van der Waals surface area contributed by atoms with E-state index in [1.165, 1.54) is 0 Å². The third-order valence-corrected chi connectivity index (χ3v) is 3.24. The second-order valence-corrected chi connectivity index (χ2v) is 4.93. The summed E-state index contributed by atoms with van der Waals surface area (Å²) in [6, 6.07) is 8.35. The highest BCUT2D eigenvalue weighted by atomic mass is 35.5. The van der Waals surface area contributed by atoms with Crippen LogP contribution in [0.4, 0.5) is 4.79 Å². The van der Waals surface area contributed by atoms with Crippen LogP contribution in [-0.2, 0) is 25.7 Å². The predicted octanol–water partition coefficient (Wildman–Crippen LogP) is 2.05. The predicted molar refractivity (Wildman–Crippen MR) is 73.3 cm³/mol. The van der Waals surface area contributed by atoms with Crippen LogP contribution in [0.5, 0.6) is 0 Å². The van der Waals surface area contributed by atoms with Gasteiger partial charge >= 0.3 is 12.1 Å². The van der Waals surface area contributed by atoms with Gasteiger partial charge in [-0.3, -0.25) is 9.69 Å². The Morgan fingerprint density at radius 2 is 2.05 bits per heavy atom. The largest absolute Gasteiger partial charge is 0.444 e. The van der Waals surface area contributed by atoms with Crippen molar-refractivity contribution in [3.63, 3.8) is 0 Å². The van der Waals surface area contributed by atoms with Gasteiger partial charge in [-0.25, -0.2) is 9.59 Å². The molecule has 1 heterocycles. The molecule has 7 heteroatoms. The molecular formula is C14H14ClNO5. The summed E-state index contributed by atoms with van der Waals surface area (Å²) >= 11 is 5.25. The molecule has 0 unspecified atom stereocenters. The molecule has 0 aromatic heterocycles. The van der Waals surface area contributed by atoms with E-state index in [4.69, 9.17) is 21.1 Å². The van der Waals surface area contributed by atoms with Crippen molar-refractivity contribution in [2.45, 2.75) is 25.5 Å². The van der Waals surface area contributed by atoms with Gasteiger partial charge in [0.15, 0.2) is 6.73 Å². The first-order chi connectivity index (χ1) is 10.1. The third kappa shape index (κ3) is 4.19. The molecule has 0 radical (unpaired) electrons. The number of halogens is 1. The summed E-state index contributed by atoms with van der Waals surface area (Å²) in [6.45, 7) is -0.0703. The fourth-order valence-corrected chi connectivity index (χ4v) is 2.06. The van der Waals surface area contributed by atoms with Gasteiger partial charge in [-0.05, 0) is 23.6 Å². The van der Waals surface area contributed by atoms with Crippen molar-refractivity contribution in [1.29, 1.82) is 0 Å². The van der Waals surface area contributed by atoms with Gasteiger partial charge in [-0.1, -0.05) is 30.3 Å². The maximum Gasteiger partial charge on any atom is 0.413 e. The zero-order valence-electron chi connectivity index (χ0n) is 11.2. The molecule has 2 rings (SSSR count). The van der Waals surface area contributed by atoms with Gasteiger partial charge in [0.05, 0.1) is 0 Å². The van der Waals surface area contributed by atoms with Crippen molar-refractivity contribution < 1.29 is 23.9 Å². The molecule has 1 aromatic rings. The molecule has 0 N–H and O–H groups in total. The normalized spacial score (nSPS) is 17.5. The Morgan fingerprint density at radius 3 is 2.71 bits per heavy atom. The molecule has 1 aromatic carbocycles. The van der Waals surface area contributed by atoms with Gasteiger partial charge in [0.25, 0.3) is 0 Å². The first kappa shape index (κ1) is 15.3. The van der Waals surface area contributed by atoms with Gasteiger partial charge in [-0.15, -0.1) is 0 Å². The highest BCUT2D eigenvalue weighted by Gasteiger charge is 2.38. The van der Waals surface area contributed by atoms with Crippen molar-refractivity contribution in [2.75, 3.05) is 6.73 Å². The lowest BCUT2D eigenvalue weighted by molar-refractivity contribution is -0.139. The Kier molecular flexibility index (Phi) is 5.16. The number of cyclic esters (lactones) is 1. The average Bonchev–Trinajstić information content (AvgIpc) is 2.85. The van der Waals surface area contributed by atoms with Crippen LogP contribution in [-0.4, -0.2) is 35.0 Å². The number of amides is 1. The van der Waals surface area contributed by atoms with E-state index >= 15 is 0 Å². The Morgan fingerprint density at radius 1 is 1.33 bits per heavy atom. The number of carbonyl (C=O) groups excluding carboxylic acids is 3. The standard InChI is InChI=1S/C14H14ClNO5/c15-12(17)7-6-11-13(18)21-9-16(11)14(19)20-8-10-4-2-1-3-5-10/h1-5,11H,6-9H2/t11-/m1/s1. The Balaban J connectivity index is 1.91. The quantitative estimate of drug-likeness (QED) is 0.614. The van der Waals surface area contributed by atoms with E-state index in [0.29, 0.717) is 0 Å². The molecule has 0 spiro atoms. The maximum absolute atomic E-state index is 12.0. The maximum atomic E-state index is 12.0. The zero-order chi connectivity index (χ0) is 15.2. The minimum absolute atomic E-state index is 0.0101. The third-order valence-electron chi connectivity index (χ3n) is 3.05. The fourth-order valence-electron chi connectivity index (χ4n) is 1.95. The molecule has 1 amide bonds. The number of esters is 1. The Hall–Kier alpha value is -2.08.